The highest BCUT2D eigenvalue weighted by molar-refractivity contribution is 9.10. The van der Waals surface area contributed by atoms with E-state index in [0.29, 0.717) is 5.25 Å². The Bertz CT molecular complexity index is 469. The van der Waals surface area contributed by atoms with E-state index < -0.39 is 5.54 Å². The molecule has 1 aliphatic carbocycles. The largest absolute Gasteiger partial charge is 0.468 e. The van der Waals surface area contributed by atoms with Crippen molar-refractivity contribution in [2.75, 3.05) is 13.7 Å². The van der Waals surface area contributed by atoms with Crippen LogP contribution in [0.3, 0.4) is 0 Å². The molecule has 1 fully saturated rings. The fourth-order valence-corrected chi connectivity index (χ4v) is 4.10. The van der Waals surface area contributed by atoms with E-state index in [-0.39, 0.29) is 5.97 Å². The van der Waals surface area contributed by atoms with Gasteiger partial charge in [-0.15, -0.1) is 11.8 Å². The van der Waals surface area contributed by atoms with Gasteiger partial charge in [-0.2, -0.15) is 0 Å². The van der Waals surface area contributed by atoms with Gasteiger partial charge in [0.25, 0.3) is 0 Å². The van der Waals surface area contributed by atoms with Crippen LogP contribution in [-0.4, -0.2) is 35.4 Å². The maximum Gasteiger partial charge on any atom is 0.326 e. The van der Waals surface area contributed by atoms with Gasteiger partial charge < -0.3 is 10.1 Å². The molecule has 1 saturated carbocycles. The molecular weight excluding hydrogens is 340 g/mol. The summed E-state index contributed by atoms with van der Waals surface area (Å²) in [6.45, 7) is 2.78. The molecule has 1 N–H and O–H groups in total. The number of methoxy groups -OCH3 is 1. The van der Waals surface area contributed by atoms with Crippen molar-refractivity contribution in [3.63, 3.8) is 0 Å². The predicted molar refractivity (Wildman–Crippen MR) is 83.9 cm³/mol. The van der Waals surface area contributed by atoms with Gasteiger partial charge in [0.05, 0.1) is 12.1 Å². The van der Waals surface area contributed by atoms with Crippen LogP contribution in [-0.2, 0) is 9.53 Å². The van der Waals surface area contributed by atoms with Crippen LogP contribution in [0.25, 0.3) is 0 Å². The lowest BCUT2D eigenvalue weighted by Gasteiger charge is -2.27. The summed E-state index contributed by atoms with van der Waals surface area (Å²) in [5, 5.41) is 4.70. The fourth-order valence-electron chi connectivity index (χ4n) is 2.66. The number of rotatable bonds is 5. The molecule has 0 spiro atoms. The summed E-state index contributed by atoms with van der Waals surface area (Å²) in [5.41, 5.74) is -0.517. The van der Waals surface area contributed by atoms with Crippen molar-refractivity contribution in [1.82, 2.24) is 10.3 Å². The number of esters is 1. The third kappa shape index (κ3) is 3.54. The fraction of sp³-hybridized carbons (Fsp3) is 0.571. The van der Waals surface area contributed by atoms with Gasteiger partial charge in [-0.05, 0) is 53.9 Å². The summed E-state index contributed by atoms with van der Waals surface area (Å²) < 4.78 is 5.95. The number of carbonyl (C=O) groups is 1. The lowest BCUT2D eigenvalue weighted by molar-refractivity contribution is -0.148. The molecule has 20 heavy (non-hydrogen) atoms. The Labute approximate surface area is 132 Å². The van der Waals surface area contributed by atoms with E-state index in [1.807, 2.05) is 19.1 Å². The van der Waals surface area contributed by atoms with Crippen molar-refractivity contribution in [2.45, 2.75) is 42.0 Å². The molecule has 4 nitrogen and oxygen atoms in total. The Morgan fingerprint density at radius 2 is 2.45 bits per heavy atom. The van der Waals surface area contributed by atoms with Crippen molar-refractivity contribution in [1.29, 1.82) is 0 Å². The second kappa shape index (κ2) is 6.91. The first-order valence-corrected chi connectivity index (χ1v) is 8.38. The third-order valence-corrected chi connectivity index (χ3v) is 5.24. The van der Waals surface area contributed by atoms with E-state index in [1.165, 1.54) is 7.11 Å². The molecule has 1 aromatic rings. The Morgan fingerprint density at radius 1 is 1.65 bits per heavy atom. The molecular formula is C14H19BrN2O2S. The van der Waals surface area contributed by atoms with Gasteiger partial charge in [0, 0.05) is 15.9 Å². The molecule has 2 rings (SSSR count). The first-order chi connectivity index (χ1) is 9.59. The number of thioether (sulfide) groups is 1. The predicted octanol–water partition coefficient (Wildman–Crippen LogP) is 3.01. The highest BCUT2D eigenvalue weighted by Crippen LogP contribution is 2.40. The number of aromatic nitrogens is 1. The summed E-state index contributed by atoms with van der Waals surface area (Å²) in [4.78, 5) is 16.4. The Hall–Kier alpha value is -0.590. The number of carbonyl (C=O) groups excluding carboxylic acids is 1. The Kier molecular flexibility index (Phi) is 5.46. The van der Waals surface area contributed by atoms with Crippen LogP contribution in [0, 0.1) is 0 Å². The molecule has 6 heteroatoms. The highest BCUT2D eigenvalue weighted by Gasteiger charge is 2.46. The smallest absolute Gasteiger partial charge is 0.326 e. The number of pyridine rings is 1. The molecule has 0 saturated heterocycles. The summed E-state index contributed by atoms with van der Waals surface area (Å²) in [6.07, 6.45) is 4.40. The van der Waals surface area contributed by atoms with Crippen LogP contribution in [0.5, 0.6) is 0 Å². The second-order valence-corrected chi connectivity index (χ2v) is 7.14. The molecule has 2 atom stereocenters. The van der Waals surface area contributed by atoms with E-state index in [4.69, 9.17) is 4.74 Å². The average molecular weight is 359 g/mol. The number of ether oxygens (including phenoxy) is 1. The minimum absolute atomic E-state index is 0.147. The van der Waals surface area contributed by atoms with Crippen molar-refractivity contribution in [3.8, 4) is 0 Å². The summed E-state index contributed by atoms with van der Waals surface area (Å²) >= 11 is 5.12. The maximum absolute atomic E-state index is 12.1. The van der Waals surface area contributed by atoms with E-state index in [1.54, 1.807) is 18.0 Å². The molecule has 1 aliphatic rings. The Morgan fingerprint density at radius 3 is 3.05 bits per heavy atom. The van der Waals surface area contributed by atoms with Gasteiger partial charge in [0.1, 0.15) is 5.54 Å². The third-order valence-electron chi connectivity index (χ3n) is 3.55. The molecule has 0 aromatic carbocycles. The molecule has 0 amide bonds. The zero-order chi connectivity index (χ0) is 14.6. The van der Waals surface area contributed by atoms with Gasteiger partial charge in [-0.25, -0.2) is 4.98 Å². The molecule has 0 aliphatic heterocycles. The van der Waals surface area contributed by atoms with Crippen LogP contribution in [0.4, 0.5) is 0 Å². The molecule has 2 unspecified atom stereocenters. The topological polar surface area (TPSA) is 51.2 Å². The average Bonchev–Trinajstić information content (AvgIpc) is 2.85. The summed E-state index contributed by atoms with van der Waals surface area (Å²) in [6, 6.07) is 3.99. The Balaban J connectivity index is 2.02. The van der Waals surface area contributed by atoms with Gasteiger partial charge >= 0.3 is 5.97 Å². The SMILES string of the molecule is CCNC1(C(=O)OC)CCC(Sc2ccc(Br)cn2)C1. The zero-order valence-corrected chi connectivity index (χ0v) is 14.1. The number of nitrogens with one attached hydrogen (secondary N) is 1. The van der Waals surface area contributed by atoms with E-state index in [0.717, 1.165) is 35.3 Å². The van der Waals surface area contributed by atoms with Gasteiger partial charge in [0.2, 0.25) is 0 Å². The van der Waals surface area contributed by atoms with E-state index >= 15 is 0 Å². The van der Waals surface area contributed by atoms with Crippen LogP contribution in [0.15, 0.2) is 27.8 Å². The van der Waals surface area contributed by atoms with Gasteiger partial charge in [-0.3, -0.25) is 4.79 Å². The van der Waals surface area contributed by atoms with Crippen LogP contribution in [0.1, 0.15) is 26.2 Å². The quantitative estimate of drug-likeness (QED) is 0.819. The molecule has 1 heterocycles. The number of halogens is 1. The van der Waals surface area contributed by atoms with Crippen molar-refractivity contribution < 1.29 is 9.53 Å². The number of nitrogens with zero attached hydrogens (tertiary/aromatic N) is 1. The van der Waals surface area contributed by atoms with Crippen LogP contribution < -0.4 is 5.32 Å². The monoisotopic (exact) mass is 358 g/mol. The van der Waals surface area contributed by atoms with Gasteiger partial charge in [-0.1, -0.05) is 6.92 Å². The number of hydrogen-bond donors (Lipinski definition) is 1. The molecule has 0 radical (unpaired) electrons. The minimum atomic E-state index is -0.517. The first kappa shape index (κ1) is 15.8. The minimum Gasteiger partial charge on any atom is -0.468 e. The van der Waals surface area contributed by atoms with Crippen molar-refractivity contribution in [3.05, 3.63) is 22.8 Å². The van der Waals surface area contributed by atoms with Crippen LogP contribution in [0.2, 0.25) is 0 Å². The van der Waals surface area contributed by atoms with E-state index in [9.17, 15) is 4.79 Å². The summed E-state index contributed by atoms with van der Waals surface area (Å²) in [7, 11) is 1.46. The lowest BCUT2D eigenvalue weighted by Crippen LogP contribution is -2.50. The zero-order valence-electron chi connectivity index (χ0n) is 11.7. The number of hydrogen-bond acceptors (Lipinski definition) is 5. The summed E-state index contributed by atoms with van der Waals surface area (Å²) in [5.74, 6) is -0.147. The standard InChI is InChI=1S/C14H19BrN2O2S/c1-3-17-14(13(18)19-2)7-6-11(8-14)20-12-5-4-10(15)9-16-12/h4-5,9,11,17H,3,6-8H2,1-2H3. The lowest BCUT2D eigenvalue weighted by atomic mass is 9.98. The number of likely N-dealkylation sites (N-methyl/N-ethyl adjacent to an activating group) is 1. The van der Waals surface area contributed by atoms with E-state index in [2.05, 4.69) is 26.2 Å². The normalized spacial score (nSPS) is 25.6. The maximum atomic E-state index is 12.1. The van der Waals surface area contributed by atoms with Crippen molar-refractivity contribution >= 4 is 33.7 Å². The van der Waals surface area contributed by atoms with Gasteiger partial charge in [0.15, 0.2) is 0 Å². The molecule has 0 bridgehead atoms. The highest BCUT2D eigenvalue weighted by atomic mass is 79.9. The second-order valence-electron chi connectivity index (χ2n) is 4.90. The molecule has 1 aromatic heterocycles. The first-order valence-electron chi connectivity index (χ1n) is 6.71. The van der Waals surface area contributed by atoms with Crippen LogP contribution >= 0.6 is 27.7 Å². The van der Waals surface area contributed by atoms with Crippen molar-refractivity contribution in [2.24, 2.45) is 0 Å². The molecule has 110 valence electrons.